The zero-order chi connectivity index (χ0) is 14.3. The molecule has 19 heavy (non-hydrogen) atoms. The van der Waals surface area contributed by atoms with E-state index in [0.29, 0.717) is 18.7 Å². The maximum Gasteiger partial charge on any atom is 0.406 e. The molecule has 5 heteroatoms. The van der Waals surface area contributed by atoms with Gasteiger partial charge in [0.25, 0.3) is 0 Å². The van der Waals surface area contributed by atoms with Gasteiger partial charge < -0.3 is 9.84 Å². The molecule has 1 unspecified atom stereocenters. The van der Waals surface area contributed by atoms with Gasteiger partial charge in [-0.15, -0.1) is 0 Å². The van der Waals surface area contributed by atoms with E-state index in [-0.39, 0.29) is 0 Å². The van der Waals surface area contributed by atoms with E-state index in [9.17, 15) is 4.79 Å². The lowest BCUT2D eigenvalue weighted by molar-refractivity contribution is 0.161. The second-order valence-electron chi connectivity index (χ2n) is 4.32. The smallest absolute Gasteiger partial charge is 0.406 e. The monoisotopic (exact) mass is 266 g/mol. The number of nitrogens with one attached hydrogen (secondary N) is 2. The molecule has 1 aromatic rings. The Hall–Kier alpha value is -1.75. The van der Waals surface area contributed by atoms with Crippen molar-refractivity contribution in [2.24, 2.45) is 0 Å². The van der Waals surface area contributed by atoms with Crippen LogP contribution in [0.3, 0.4) is 0 Å². The van der Waals surface area contributed by atoms with Crippen LogP contribution < -0.4 is 15.4 Å². The minimum absolute atomic E-state index is 0.646. The van der Waals surface area contributed by atoms with Crippen molar-refractivity contribution < 1.29 is 14.6 Å². The van der Waals surface area contributed by atoms with Crippen molar-refractivity contribution in [3.63, 3.8) is 0 Å². The second-order valence-corrected chi connectivity index (χ2v) is 4.32. The van der Waals surface area contributed by atoms with Crippen LogP contribution in [0.25, 0.3) is 0 Å². The maximum absolute atomic E-state index is 11.1. The molecule has 0 aliphatic carbocycles. The third-order valence-corrected chi connectivity index (χ3v) is 2.99. The first-order chi connectivity index (χ1) is 9.09. The normalized spacial score (nSPS) is 13.6. The van der Waals surface area contributed by atoms with E-state index in [1.165, 1.54) is 0 Å². The number of ether oxygens (including phenoxy) is 1. The fraction of sp³-hybridized carbons (Fsp3) is 0.500. The zero-order valence-electron chi connectivity index (χ0n) is 11.7. The minimum atomic E-state index is -1.06. The molecule has 0 aliphatic rings. The Morgan fingerprint density at radius 3 is 2.58 bits per heavy atom. The molecule has 0 saturated heterocycles. The molecule has 1 rings (SSSR count). The van der Waals surface area contributed by atoms with Gasteiger partial charge in [-0.25, -0.2) is 4.79 Å². The maximum atomic E-state index is 11.1. The number of hydrogen-bond acceptors (Lipinski definition) is 3. The van der Waals surface area contributed by atoms with Gasteiger partial charge in [0, 0.05) is 5.56 Å². The van der Waals surface area contributed by atoms with Gasteiger partial charge in [-0.3, -0.25) is 10.6 Å². The average molecular weight is 266 g/mol. The van der Waals surface area contributed by atoms with E-state index in [0.717, 1.165) is 12.0 Å². The Bertz CT molecular complexity index is 415. The highest BCUT2D eigenvalue weighted by Gasteiger charge is 2.34. The highest BCUT2D eigenvalue weighted by Crippen LogP contribution is 2.31. The Balaban J connectivity index is 3.29. The molecule has 0 spiro atoms. The van der Waals surface area contributed by atoms with Crippen molar-refractivity contribution in [2.45, 2.75) is 32.4 Å². The third-order valence-electron chi connectivity index (χ3n) is 2.99. The van der Waals surface area contributed by atoms with Crippen LogP contribution in [-0.4, -0.2) is 24.9 Å². The lowest BCUT2D eigenvalue weighted by Gasteiger charge is -2.35. The molecule has 0 radical (unpaired) electrons. The summed E-state index contributed by atoms with van der Waals surface area (Å²) in [4.78, 5) is 11.1. The van der Waals surface area contributed by atoms with Crippen LogP contribution in [0.4, 0.5) is 4.79 Å². The Labute approximate surface area is 114 Å². The molecular formula is C14H22N2O3. The van der Waals surface area contributed by atoms with Crippen LogP contribution in [0.2, 0.25) is 0 Å². The number of para-hydroxylation sites is 1. The summed E-state index contributed by atoms with van der Waals surface area (Å²) in [6, 6.07) is 7.46. The zero-order valence-corrected chi connectivity index (χ0v) is 11.7. The van der Waals surface area contributed by atoms with Crippen molar-refractivity contribution in [3.8, 4) is 5.75 Å². The summed E-state index contributed by atoms with van der Waals surface area (Å²) in [6.07, 6.45) is 0.430. The van der Waals surface area contributed by atoms with Crippen molar-refractivity contribution in [1.82, 2.24) is 10.6 Å². The molecule has 0 aromatic heterocycles. The fourth-order valence-corrected chi connectivity index (χ4v) is 2.35. The standard InChI is InChI=1S/C14H22N2O3/c1-4-10-14(15-5-2,16-13(17)18)11-8-6-7-9-12(11)19-3/h6-9,15-16H,4-5,10H2,1-3H3,(H,17,18). The number of benzene rings is 1. The van der Waals surface area contributed by atoms with E-state index in [2.05, 4.69) is 10.6 Å². The molecule has 1 aromatic carbocycles. The summed E-state index contributed by atoms with van der Waals surface area (Å²) in [5.41, 5.74) is -0.00863. The van der Waals surface area contributed by atoms with Crippen LogP contribution in [0, 0.1) is 0 Å². The molecule has 0 heterocycles. The lowest BCUT2D eigenvalue weighted by atomic mass is 9.93. The van der Waals surface area contributed by atoms with Gasteiger partial charge >= 0.3 is 6.09 Å². The van der Waals surface area contributed by atoms with Gasteiger partial charge in [0.1, 0.15) is 11.4 Å². The predicted octanol–water partition coefficient (Wildman–Crippen LogP) is 2.53. The van der Waals surface area contributed by atoms with Gasteiger partial charge in [-0.2, -0.15) is 0 Å². The van der Waals surface area contributed by atoms with E-state index >= 15 is 0 Å². The SMILES string of the molecule is CCCC(NCC)(NC(=O)O)c1ccccc1OC. The van der Waals surface area contributed by atoms with Crippen LogP contribution in [-0.2, 0) is 5.66 Å². The molecule has 1 atom stereocenters. The Morgan fingerprint density at radius 2 is 2.05 bits per heavy atom. The van der Waals surface area contributed by atoms with Crippen molar-refractivity contribution >= 4 is 6.09 Å². The summed E-state index contributed by atoms with van der Waals surface area (Å²) >= 11 is 0. The molecule has 0 bridgehead atoms. The molecule has 5 nitrogen and oxygen atoms in total. The molecule has 3 N–H and O–H groups in total. The topological polar surface area (TPSA) is 70.6 Å². The fourth-order valence-electron chi connectivity index (χ4n) is 2.35. The van der Waals surface area contributed by atoms with Crippen molar-refractivity contribution in [1.29, 1.82) is 0 Å². The first-order valence-corrected chi connectivity index (χ1v) is 6.49. The third kappa shape index (κ3) is 3.61. The molecule has 0 fully saturated rings. The van der Waals surface area contributed by atoms with Gasteiger partial charge in [-0.1, -0.05) is 38.5 Å². The number of amides is 1. The van der Waals surface area contributed by atoms with Gasteiger partial charge in [0.15, 0.2) is 0 Å². The number of rotatable bonds is 7. The summed E-state index contributed by atoms with van der Waals surface area (Å²) < 4.78 is 5.35. The van der Waals surface area contributed by atoms with E-state index in [1.807, 2.05) is 38.1 Å². The number of hydrogen-bond donors (Lipinski definition) is 3. The van der Waals surface area contributed by atoms with E-state index in [4.69, 9.17) is 9.84 Å². The summed E-state index contributed by atoms with van der Waals surface area (Å²) in [5.74, 6) is 0.672. The summed E-state index contributed by atoms with van der Waals surface area (Å²) in [7, 11) is 1.59. The van der Waals surface area contributed by atoms with Crippen molar-refractivity contribution in [2.75, 3.05) is 13.7 Å². The second kappa shape index (κ2) is 6.99. The average Bonchev–Trinajstić information content (AvgIpc) is 2.38. The van der Waals surface area contributed by atoms with Gasteiger partial charge in [0.2, 0.25) is 0 Å². The molecule has 106 valence electrons. The summed E-state index contributed by atoms with van der Waals surface area (Å²) in [6.45, 7) is 4.62. The first-order valence-electron chi connectivity index (χ1n) is 6.49. The highest BCUT2D eigenvalue weighted by atomic mass is 16.5. The van der Waals surface area contributed by atoms with Crippen LogP contribution in [0.15, 0.2) is 24.3 Å². The number of methoxy groups -OCH3 is 1. The number of carbonyl (C=O) groups is 1. The first kappa shape index (κ1) is 15.3. The Kier molecular flexibility index (Phi) is 5.63. The summed E-state index contributed by atoms with van der Waals surface area (Å²) in [5, 5.41) is 15.0. The molecule has 0 saturated carbocycles. The predicted molar refractivity (Wildman–Crippen MR) is 74.4 cm³/mol. The number of carboxylic acid groups (broad SMARTS) is 1. The highest BCUT2D eigenvalue weighted by molar-refractivity contribution is 5.66. The largest absolute Gasteiger partial charge is 0.496 e. The lowest BCUT2D eigenvalue weighted by Crippen LogP contribution is -2.55. The van der Waals surface area contributed by atoms with Crippen LogP contribution in [0.5, 0.6) is 5.75 Å². The van der Waals surface area contributed by atoms with E-state index in [1.54, 1.807) is 7.11 Å². The van der Waals surface area contributed by atoms with Gasteiger partial charge in [-0.05, 0) is 19.0 Å². The van der Waals surface area contributed by atoms with Crippen LogP contribution in [0.1, 0.15) is 32.3 Å². The van der Waals surface area contributed by atoms with Gasteiger partial charge in [0.05, 0.1) is 7.11 Å². The quantitative estimate of drug-likeness (QED) is 0.663. The molecule has 0 aliphatic heterocycles. The molecule has 1 amide bonds. The van der Waals surface area contributed by atoms with Crippen LogP contribution >= 0.6 is 0 Å². The minimum Gasteiger partial charge on any atom is -0.496 e. The van der Waals surface area contributed by atoms with E-state index < -0.39 is 11.8 Å². The molecular weight excluding hydrogens is 244 g/mol. The Morgan fingerprint density at radius 1 is 1.37 bits per heavy atom. The van der Waals surface area contributed by atoms with Crippen molar-refractivity contribution in [3.05, 3.63) is 29.8 Å².